The molecule has 0 unspecified atom stereocenters. The van der Waals surface area contributed by atoms with Crippen molar-refractivity contribution in [3.8, 4) is 5.75 Å². The van der Waals surface area contributed by atoms with E-state index in [2.05, 4.69) is 5.32 Å². The van der Waals surface area contributed by atoms with Gasteiger partial charge in [0.1, 0.15) is 5.75 Å². The third-order valence-electron chi connectivity index (χ3n) is 4.58. The molecule has 0 radical (unpaired) electrons. The molecule has 0 bridgehead atoms. The summed E-state index contributed by atoms with van der Waals surface area (Å²) in [6.07, 6.45) is 3.60. The number of carboxylic acid groups (broad SMARTS) is 1. The lowest BCUT2D eigenvalue weighted by atomic mass is 9.97. The van der Waals surface area contributed by atoms with Crippen molar-refractivity contribution in [1.82, 2.24) is 5.32 Å². The highest BCUT2D eigenvalue weighted by molar-refractivity contribution is 5.88. The first-order chi connectivity index (χ1) is 12.5. The maximum atomic E-state index is 12.3. The predicted molar refractivity (Wildman–Crippen MR) is 103 cm³/mol. The minimum Gasteiger partial charge on any atom is -0.497 e. The van der Waals surface area contributed by atoms with E-state index in [0.717, 1.165) is 41.3 Å². The Hall–Kier alpha value is -2.56. The number of ether oxygens (including phenoxy) is 1. The number of benzene rings is 2. The highest BCUT2D eigenvalue weighted by Crippen LogP contribution is 2.25. The zero-order valence-corrected chi connectivity index (χ0v) is 15.5. The van der Waals surface area contributed by atoms with Crippen LogP contribution in [0, 0.1) is 0 Å². The van der Waals surface area contributed by atoms with E-state index in [1.165, 1.54) is 0 Å². The number of unbranched alkanes of at least 4 members (excludes halogenated alkanes) is 3. The molecule has 1 atom stereocenters. The number of carboxylic acids is 1. The van der Waals surface area contributed by atoms with Gasteiger partial charge in [0.15, 0.2) is 0 Å². The molecule has 2 rings (SSSR count). The van der Waals surface area contributed by atoms with Crippen molar-refractivity contribution in [3.05, 3.63) is 42.0 Å². The fourth-order valence-corrected chi connectivity index (χ4v) is 2.91. The van der Waals surface area contributed by atoms with Gasteiger partial charge >= 0.3 is 5.97 Å². The molecule has 5 nitrogen and oxygen atoms in total. The molecule has 0 aliphatic carbocycles. The van der Waals surface area contributed by atoms with E-state index in [0.29, 0.717) is 13.0 Å². The van der Waals surface area contributed by atoms with Gasteiger partial charge in [-0.3, -0.25) is 9.59 Å². The van der Waals surface area contributed by atoms with E-state index in [4.69, 9.17) is 9.84 Å². The van der Waals surface area contributed by atoms with Crippen molar-refractivity contribution in [2.75, 3.05) is 13.7 Å². The summed E-state index contributed by atoms with van der Waals surface area (Å²) in [6.45, 7) is 2.54. The number of aliphatic carboxylic acids is 1. The summed E-state index contributed by atoms with van der Waals surface area (Å²) in [6, 6.07) is 11.9. The van der Waals surface area contributed by atoms with Gasteiger partial charge in [0.2, 0.25) is 5.91 Å². The van der Waals surface area contributed by atoms with Crippen LogP contribution in [0.1, 0.15) is 50.5 Å². The van der Waals surface area contributed by atoms with Crippen molar-refractivity contribution in [1.29, 1.82) is 0 Å². The summed E-state index contributed by atoms with van der Waals surface area (Å²) in [5.74, 6) is -0.128. The Morgan fingerprint density at radius 2 is 1.73 bits per heavy atom. The molecule has 0 fully saturated rings. The molecular weight excluding hydrogens is 330 g/mol. The normalized spacial score (nSPS) is 11.9. The number of carbonyl (C=O) groups is 2. The topological polar surface area (TPSA) is 75.6 Å². The molecule has 0 aromatic heterocycles. The number of carbonyl (C=O) groups excluding carboxylic acids is 1. The third-order valence-corrected chi connectivity index (χ3v) is 4.58. The average Bonchev–Trinajstić information content (AvgIpc) is 2.65. The second-order valence-electron chi connectivity index (χ2n) is 6.54. The van der Waals surface area contributed by atoms with Gasteiger partial charge in [0, 0.05) is 13.0 Å². The summed E-state index contributed by atoms with van der Waals surface area (Å²) in [7, 11) is 1.65. The number of amides is 1. The highest BCUT2D eigenvalue weighted by Gasteiger charge is 2.15. The number of fused-ring (bicyclic) bond motifs is 1. The summed E-state index contributed by atoms with van der Waals surface area (Å²) >= 11 is 0. The smallest absolute Gasteiger partial charge is 0.303 e. The number of hydrogen-bond donors (Lipinski definition) is 2. The van der Waals surface area contributed by atoms with Crippen molar-refractivity contribution in [3.63, 3.8) is 0 Å². The highest BCUT2D eigenvalue weighted by atomic mass is 16.5. The minimum atomic E-state index is -0.749. The molecule has 2 aromatic rings. The van der Waals surface area contributed by atoms with Crippen LogP contribution in [0.25, 0.3) is 10.8 Å². The Labute approximate surface area is 154 Å². The lowest BCUT2D eigenvalue weighted by Gasteiger charge is -2.13. The number of methoxy groups -OCH3 is 1. The average molecular weight is 357 g/mol. The molecule has 2 aromatic carbocycles. The van der Waals surface area contributed by atoms with Gasteiger partial charge in [0.05, 0.1) is 13.0 Å². The van der Waals surface area contributed by atoms with Gasteiger partial charge in [-0.1, -0.05) is 37.1 Å². The van der Waals surface area contributed by atoms with Crippen molar-refractivity contribution >= 4 is 22.6 Å². The SMILES string of the molecule is COc1ccc2cc([C@H](C)C(=O)NCCCCCCC(=O)O)ccc2c1. The van der Waals surface area contributed by atoms with Crippen LogP contribution < -0.4 is 10.1 Å². The fraction of sp³-hybridized carbons (Fsp3) is 0.429. The van der Waals surface area contributed by atoms with Crippen LogP contribution >= 0.6 is 0 Å². The molecule has 0 saturated carbocycles. The van der Waals surface area contributed by atoms with E-state index in [-0.39, 0.29) is 18.2 Å². The molecule has 2 N–H and O–H groups in total. The van der Waals surface area contributed by atoms with Crippen molar-refractivity contribution in [2.45, 2.75) is 44.9 Å². The molecule has 0 saturated heterocycles. The fourth-order valence-electron chi connectivity index (χ4n) is 2.91. The quantitative estimate of drug-likeness (QED) is 0.628. The van der Waals surface area contributed by atoms with E-state index in [9.17, 15) is 9.59 Å². The predicted octanol–water partition coefficient (Wildman–Crippen LogP) is 4.10. The van der Waals surface area contributed by atoms with Gasteiger partial charge in [0.25, 0.3) is 0 Å². The molecule has 0 spiro atoms. The Bertz CT molecular complexity index is 757. The second kappa shape index (κ2) is 9.80. The molecule has 26 heavy (non-hydrogen) atoms. The standard InChI is InChI=1S/C21H27NO4/c1-15(21(25)22-12-6-4-3-5-7-20(23)24)16-8-9-18-14-19(26-2)11-10-17(18)13-16/h8-11,13-15H,3-7,12H2,1-2H3,(H,22,25)(H,23,24)/t15-/m0/s1. The van der Waals surface area contributed by atoms with Crippen LogP contribution in [0.3, 0.4) is 0 Å². The molecule has 140 valence electrons. The third kappa shape index (κ3) is 5.76. The molecule has 0 aliphatic rings. The van der Waals surface area contributed by atoms with E-state index in [1.54, 1.807) is 7.11 Å². The van der Waals surface area contributed by atoms with Gasteiger partial charge in [-0.2, -0.15) is 0 Å². The molecule has 5 heteroatoms. The first-order valence-electron chi connectivity index (χ1n) is 9.08. The van der Waals surface area contributed by atoms with Crippen LogP contribution in [-0.2, 0) is 9.59 Å². The lowest BCUT2D eigenvalue weighted by Crippen LogP contribution is -2.28. The maximum Gasteiger partial charge on any atom is 0.303 e. The maximum absolute atomic E-state index is 12.3. The number of nitrogens with one attached hydrogen (secondary N) is 1. The first kappa shape index (κ1) is 19.8. The van der Waals surface area contributed by atoms with E-state index in [1.807, 2.05) is 43.3 Å². The second-order valence-corrected chi connectivity index (χ2v) is 6.54. The van der Waals surface area contributed by atoms with Gasteiger partial charge in [-0.05, 0) is 48.2 Å². The summed E-state index contributed by atoms with van der Waals surface area (Å²) in [5, 5.41) is 13.7. The van der Waals surface area contributed by atoms with Gasteiger partial charge < -0.3 is 15.2 Å². The summed E-state index contributed by atoms with van der Waals surface area (Å²) < 4.78 is 5.24. The summed E-state index contributed by atoms with van der Waals surface area (Å²) in [4.78, 5) is 22.8. The van der Waals surface area contributed by atoms with Crippen LogP contribution in [0.5, 0.6) is 5.75 Å². The Morgan fingerprint density at radius 3 is 2.46 bits per heavy atom. The minimum absolute atomic E-state index is 0.0170. The van der Waals surface area contributed by atoms with Crippen molar-refractivity contribution < 1.29 is 19.4 Å². The first-order valence-corrected chi connectivity index (χ1v) is 9.08. The van der Waals surface area contributed by atoms with Crippen LogP contribution in [0.2, 0.25) is 0 Å². The molecule has 1 amide bonds. The van der Waals surface area contributed by atoms with Gasteiger partial charge in [-0.15, -0.1) is 0 Å². The van der Waals surface area contributed by atoms with Crippen LogP contribution in [0.4, 0.5) is 0 Å². The zero-order valence-electron chi connectivity index (χ0n) is 15.5. The van der Waals surface area contributed by atoms with E-state index >= 15 is 0 Å². The van der Waals surface area contributed by atoms with Crippen molar-refractivity contribution in [2.24, 2.45) is 0 Å². The Balaban J connectivity index is 1.82. The molecular formula is C21H27NO4. The largest absolute Gasteiger partial charge is 0.497 e. The number of hydrogen-bond acceptors (Lipinski definition) is 3. The summed E-state index contributed by atoms with van der Waals surface area (Å²) in [5.41, 5.74) is 0.988. The van der Waals surface area contributed by atoms with Gasteiger partial charge in [-0.25, -0.2) is 0 Å². The van der Waals surface area contributed by atoms with E-state index < -0.39 is 5.97 Å². The number of rotatable bonds is 10. The monoisotopic (exact) mass is 357 g/mol. The Morgan fingerprint density at radius 1 is 1.04 bits per heavy atom. The molecule has 0 heterocycles. The Kier molecular flexibility index (Phi) is 7.45. The molecule has 0 aliphatic heterocycles. The zero-order chi connectivity index (χ0) is 18.9. The van der Waals surface area contributed by atoms with Crippen LogP contribution in [-0.4, -0.2) is 30.6 Å². The lowest BCUT2D eigenvalue weighted by molar-refractivity contribution is -0.137. The van der Waals surface area contributed by atoms with Crippen LogP contribution in [0.15, 0.2) is 36.4 Å².